The Kier molecular flexibility index (Phi) is 7.33. The molecule has 7 nitrogen and oxygen atoms in total. The quantitative estimate of drug-likeness (QED) is 0.606. The summed E-state index contributed by atoms with van der Waals surface area (Å²) in [7, 11) is 0. The minimum atomic E-state index is -0.618. The summed E-state index contributed by atoms with van der Waals surface area (Å²) in [6, 6.07) is 8.26. The number of anilines is 1. The maximum atomic E-state index is 14.4. The second kappa shape index (κ2) is 10.1. The fraction of sp³-hybridized carbons (Fsp3) is 0.391. The van der Waals surface area contributed by atoms with Gasteiger partial charge >= 0.3 is 5.97 Å². The largest absolute Gasteiger partial charge is 0.466 e. The van der Waals surface area contributed by atoms with Crippen LogP contribution in [0, 0.1) is 18.7 Å². The van der Waals surface area contributed by atoms with E-state index in [2.05, 4.69) is 4.98 Å². The summed E-state index contributed by atoms with van der Waals surface area (Å²) in [5.41, 5.74) is 1.74. The van der Waals surface area contributed by atoms with Gasteiger partial charge in [-0.3, -0.25) is 19.4 Å². The zero-order valence-corrected chi connectivity index (χ0v) is 17.7. The van der Waals surface area contributed by atoms with Gasteiger partial charge in [-0.1, -0.05) is 12.1 Å². The summed E-state index contributed by atoms with van der Waals surface area (Å²) in [6.45, 7) is 4.28. The van der Waals surface area contributed by atoms with Gasteiger partial charge < -0.3 is 14.5 Å². The number of halogens is 1. The van der Waals surface area contributed by atoms with Gasteiger partial charge in [-0.15, -0.1) is 0 Å². The lowest BCUT2D eigenvalue weighted by Crippen LogP contribution is -2.38. The number of esters is 1. The van der Waals surface area contributed by atoms with E-state index in [-0.39, 0.29) is 56.6 Å². The second-order valence-electron chi connectivity index (χ2n) is 7.54. The molecule has 31 heavy (non-hydrogen) atoms. The molecule has 0 N–H and O–H groups in total. The van der Waals surface area contributed by atoms with Crippen molar-refractivity contribution in [2.75, 3.05) is 24.6 Å². The first-order valence-corrected chi connectivity index (χ1v) is 10.3. The Balaban J connectivity index is 1.75. The number of pyridine rings is 1. The molecule has 1 fully saturated rings. The van der Waals surface area contributed by atoms with Crippen molar-refractivity contribution in [3.05, 3.63) is 59.7 Å². The summed E-state index contributed by atoms with van der Waals surface area (Å²) in [5, 5.41) is 0. The summed E-state index contributed by atoms with van der Waals surface area (Å²) in [4.78, 5) is 44.6. The highest BCUT2D eigenvalue weighted by atomic mass is 19.1. The number of amides is 2. The third kappa shape index (κ3) is 5.65. The van der Waals surface area contributed by atoms with Crippen LogP contribution in [0.25, 0.3) is 0 Å². The monoisotopic (exact) mass is 427 g/mol. The number of carbonyl (C=O) groups is 3. The SMILES string of the molecule is CCOC(=O)CCN(Cc1cccnc1)C(=O)C1CC(=O)N(c2ccc(C)cc2F)C1. The number of aromatic nitrogens is 1. The number of nitrogens with zero attached hydrogens (tertiary/aromatic N) is 3. The van der Waals surface area contributed by atoms with E-state index in [1.165, 1.54) is 11.0 Å². The van der Waals surface area contributed by atoms with E-state index in [1.807, 2.05) is 6.07 Å². The molecule has 8 heteroatoms. The second-order valence-corrected chi connectivity index (χ2v) is 7.54. The molecular formula is C23H26FN3O4. The van der Waals surface area contributed by atoms with Crippen LogP contribution in [0.15, 0.2) is 42.7 Å². The van der Waals surface area contributed by atoms with Crippen LogP contribution in [-0.2, 0) is 25.7 Å². The summed E-state index contributed by atoms with van der Waals surface area (Å²) >= 11 is 0. The number of rotatable bonds is 8. The van der Waals surface area contributed by atoms with Crippen molar-refractivity contribution in [1.29, 1.82) is 0 Å². The lowest BCUT2D eigenvalue weighted by Gasteiger charge is -2.25. The minimum Gasteiger partial charge on any atom is -0.466 e. The first-order valence-electron chi connectivity index (χ1n) is 10.3. The van der Waals surface area contributed by atoms with E-state index in [1.54, 1.807) is 49.3 Å². The van der Waals surface area contributed by atoms with Gasteiger partial charge in [0.15, 0.2) is 0 Å². The Bertz CT molecular complexity index is 951. The van der Waals surface area contributed by atoms with Crippen molar-refractivity contribution in [2.45, 2.75) is 33.2 Å². The van der Waals surface area contributed by atoms with Gasteiger partial charge in [-0.2, -0.15) is 0 Å². The van der Waals surface area contributed by atoms with E-state index in [9.17, 15) is 18.8 Å². The van der Waals surface area contributed by atoms with Gasteiger partial charge in [-0.05, 0) is 43.2 Å². The zero-order valence-electron chi connectivity index (χ0n) is 17.7. The van der Waals surface area contributed by atoms with E-state index in [4.69, 9.17) is 4.74 Å². The maximum Gasteiger partial charge on any atom is 0.307 e. The Labute approximate surface area is 180 Å². The molecule has 0 bridgehead atoms. The fourth-order valence-corrected chi connectivity index (χ4v) is 3.63. The van der Waals surface area contributed by atoms with Crippen LogP contribution in [0.3, 0.4) is 0 Å². The van der Waals surface area contributed by atoms with Gasteiger partial charge in [0.25, 0.3) is 0 Å². The number of ether oxygens (including phenoxy) is 1. The molecule has 3 rings (SSSR count). The average Bonchev–Trinajstić information content (AvgIpc) is 3.13. The van der Waals surface area contributed by atoms with Crippen molar-refractivity contribution in [3.8, 4) is 0 Å². The minimum absolute atomic E-state index is 0.00487. The van der Waals surface area contributed by atoms with Gasteiger partial charge in [0.2, 0.25) is 11.8 Å². The number of hydrogen-bond donors (Lipinski definition) is 0. The Morgan fingerprint density at radius 2 is 2.13 bits per heavy atom. The zero-order chi connectivity index (χ0) is 22.4. The molecule has 1 aliphatic heterocycles. The molecule has 0 saturated carbocycles. The lowest BCUT2D eigenvalue weighted by atomic mass is 10.1. The highest BCUT2D eigenvalue weighted by molar-refractivity contribution is 6.00. The molecule has 2 amide bonds. The topological polar surface area (TPSA) is 79.8 Å². The van der Waals surface area contributed by atoms with Crippen LogP contribution < -0.4 is 4.90 Å². The molecule has 0 aliphatic carbocycles. The maximum absolute atomic E-state index is 14.4. The molecule has 2 aromatic rings. The molecule has 1 unspecified atom stereocenters. The van der Waals surface area contributed by atoms with E-state index < -0.39 is 17.7 Å². The van der Waals surface area contributed by atoms with Crippen LogP contribution >= 0.6 is 0 Å². The molecule has 1 aromatic heterocycles. The molecule has 1 saturated heterocycles. The number of hydrogen-bond acceptors (Lipinski definition) is 5. The molecule has 1 atom stereocenters. The van der Waals surface area contributed by atoms with Gasteiger partial charge in [0.1, 0.15) is 5.82 Å². The predicted octanol–water partition coefficient (Wildman–Crippen LogP) is 2.86. The molecule has 0 spiro atoms. The predicted molar refractivity (Wildman–Crippen MR) is 113 cm³/mol. The average molecular weight is 427 g/mol. The summed E-state index contributed by atoms with van der Waals surface area (Å²) < 4.78 is 19.4. The molecule has 164 valence electrons. The van der Waals surface area contributed by atoms with Crippen molar-refractivity contribution in [3.63, 3.8) is 0 Å². The van der Waals surface area contributed by atoms with Crippen LogP contribution in [0.1, 0.15) is 30.9 Å². The standard InChI is InChI=1S/C23H26FN3O4/c1-3-31-22(29)8-10-26(14-17-5-4-9-25-13-17)23(30)18-12-21(28)27(15-18)20-7-6-16(2)11-19(20)24/h4-7,9,11,13,18H,3,8,10,12,14-15H2,1-2H3. The summed E-state index contributed by atoms with van der Waals surface area (Å²) in [5.74, 6) is -2.05. The summed E-state index contributed by atoms with van der Waals surface area (Å²) in [6.07, 6.45) is 3.34. The highest BCUT2D eigenvalue weighted by Crippen LogP contribution is 2.29. The van der Waals surface area contributed by atoms with Crippen LogP contribution in [0.2, 0.25) is 0 Å². The molecule has 0 radical (unpaired) electrons. The lowest BCUT2D eigenvalue weighted by molar-refractivity contribution is -0.144. The Morgan fingerprint density at radius 1 is 1.32 bits per heavy atom. The number of carbonyl (C=O) groups excluding carboxylic acids is 3. The van der Waals surface area contributed by atoms with Crippen LogP contribution in [0.4, 0.5) is 10.1 Å². The van der Waals surface area contributed by atoms with Crippen LogP contribution in [-0.4, -0.2) is 47.4 Å². The fourth-order valence-electron chi connectivity index (χ4n) is 3.63. The van der Waals surface area contributed by atoms with Gasteiger partial charge in [0.05, 0.1) is 24.6 Å². The third-order valence-corrected chi connectivity index (χ3v) is 5.17. The molecule has 2 heterocycles. The van der Waals surface area contributed by atoms with E-state index in [0.29, 0.717) is 0 Å². The first kappa shape index (κ1) is 22.4. The number of aryl methyl sites for hydroxylation is 1. The number of benzene rings is 1. The van der Waals surface area contributed by atoms with Crippen molar-refractivity contribution < 1.29 is 23.5 Å². The van der Waals surface area contributed by atoms with E-state index >= 15 is 0 Å². The van der Waals surface area contributed by atoms with Crippen molar-refractivity contribution in [1.82, 2.24) is 9.88 Å². The molecule has 1 aromatic carbocycles. The van der Waals surface area contributed by atoms with Gasteiger partial charge in [0, 0.05) is 38.4 Å². The Hall–Kier alpha value is -3.29. The first-order chi connectivity index (χ1) is 14.9. The Morgan fingerprint density at radius 3 is 2.81 bits per heavy atom. The van der Waals surface area contributed by atoms with Crippen molar-refractivity contribution in [2.24, 2.45) is 5.92 Å². The third-order valence-electron chi connectivity index (χ3n) is 5.17. The van der Waals surface area contributed by atoms with Crippen molar-refractivity contribution >= 4 is 23.5 Å². The highest BCUT2D eigenvalue weighted by Gasteiger charge is 2.38. The normalized spacial score (nSPS) is 15.8. The van der Waals surface area contributed by atoms with E-state index in [0.717, 1.165) is 11.1 Å². The van der Waals surface area contributed by atoms with Crippen LogP contribution in [0.5, 0.6) is 0 Å². The molecule has 1 aliphatic rings. The molecular weight excluding hydrogens is 401 g/mol. The smallest absolute Gasteiger partial charge is 0.307 e. The van der Waals surface area contributed by atoms with Gasteiger partial charge in [-0.25, -0.2) is 4.39 Å².